The Kier molecular flexibility index (Phi) is 3.65. The molecule has 0 radical (unpaired) electrons. The van der Waals surface area contributed by atoms with Crippen molar-refractivity contribution in [2.45, 2.75) is 13.5 Å². The van der Waals surface area contributed by atoms with E-state index < -0.39 is 22.3 Å². The van der Waals surface area contributed by atoms with Gasteiger partial charge >= 0.3 is 5.69 Å². The largest absolute Gasteiger partial charge is 0.502 e. The highest BCUT2D eigenvalue weighted by molar-refractivity contribution is 5.97. The standard InChI is InChI=1S/C12H11N3O5/c1-7-5-8(14-20-7)6-13-12(17)9-3-2-4-10(11(9)16)15(18)19/h2-5,16H,6H2,1H3,(H,13,17). The topological polar surface area (TPSA) is 118 Å². The Hall–Kier alpha value is -2.90. The van der Waals surface area contributed by atoms with Crippen molar-refractivity contribution >= 4 is 11.6 Å². The molecule has 2 rings (SSSR count). The minimum Gasteiger partial charge on any atom is -0.502 e. The Morgan fingerprint density at radius 2 is 2.30 bits per heavy atom. The van der Waals surface area contributed by atoms with E-state index in [1.165, 1.54) is 12.1 Å². The number of nitro benzene ring substituents is 1. The predicted octanol–water partition coefficient (Wildman–Crippen LogP) is 1.53. The number of rotatable bonds is 4. The van der Waals surface area contributed by atoms with E-state index in [1.807, 2.05) is 0 Å². The van der Waals surface area contributed by atoms with Crippen LogP contribution in [0.3, 0.4) is 0 Å². The van der Waals surface area contributed by atoms with E-state index in [2.05, 4.69) is 10.5 Å². The summed E-state index contributed by atoms with van der Waals surface area (Å²) in [6, 6.07) is 5.39. The number of nitro groups is 1. The summed E-state index contributed by atoms with van der Waals surface area (Å²) >= 11 is 0. The molecule has 1 aromatic heterocycles. The summed E-state index contributed by atoms with van der Waals surface area (Å²) < 4.78 is 4.84. The van der Waals surface area contributed by atoms with Gasteiger partial charge in [0.1, 0.15) is 11.5 Å². The number of para-hydroxylation sites is 1. The lowest BCUT2D eigenvalue weighted by molar-refractivity contribution is -0.385. The van der Waals surface area contributed by atoms with Gasteiger partial charge in [-0.1, -0.05) is 11.2 Å². The number of nitrogens with one attached hydrogen (secondary N) is 1. The molecule has 1 aromatic carbocycles. The van der Waals surface area contributed by atoms with Gasteiger partial charge in [0.25, 0.3) is 5.91 Å². The zero-order chi connectivity index (χ0) is 14.7. The van der Waals surface area contributed by atoms with Gasteiger partial charge in [0.05, 0.1) is 17.0 Å². The molecule has 0 spiro atoms. The molecular weight excluding hydrogens is 266 g/mol. The number of phenolic OH excluding ortho intramolecular Hbond substituents is 1. The second-order valence-electron chi connectivity index (χ2n) is 4.04. The highest BCUT2D eigenvalue weighted by atomic mass is 16.6. The fourth-order valence-corrected chi connectivity index (χ4v) is 1.63. The van der Waals surface area contributed by atoms with E-state index >= 15 is 0 Å². The first-order chi connectivity index (χ1) is 9.49. The molecule has 0 saturated heterocycles. The molecule has 0 saturated carbocycles. The van der Waals surface area contributed by atoms with E-state index in [9.17, 15) is 20.0 Å². The highest BCUT2D eigenvalue weighted by Gasteiger charge is 2.20. The molecule has 0 unspecified atom stereocenters. The number of phenols is 1. The first kappa shape index (κ1) is 13.5. The summed E-state index contributed by atoms with van der Waals surface area (Å²) in [5.74, 6) is -0.689. The number of hydrogen-bond acceptors (Lipinski definition) is 6. The second-order valence-corrected chi connectivity index (χ2v) is 4.04. The Bertz CT molecular complexity index is 665. The maximum atomic E-state index is 11.9. The lowest BCUT2D eigenvalue weighted by atomic mass is 10.1. The smallest absolute Gasteiger partial charge is 0.311 e. The molecule has 0 atom stereocenters. The monoisotopic (exact) mass is 277 g/mol. The van der Waals surface area contributed by atoms with E-state index in [0.29, 0.717) is 11.5 Å². The minimum atomic E-state index is -0.757. The SMILES string of the molecule is Cc1cc(CNC(=O)c2cccc([N+](=O)[O-])c2O)no1. The first-order valence-electron chi connectivity index (χ1n) is 5.66. The fraction of sp³-hybridized carbons (Fsp3) is 0.167. The molecule has 0 aliphatic rings. The molecule has 2 aromatic rings. The van der Waals surface area contributed by atoms with Gasteiger partial charge < -0.3 is 14.9 Å². The summed E-state index contributed by atoms with van der Waals surface area (Å²) in [5.41, 5.74) is -0.171. The van der Waals surface area contributed by atoms with Crippen molar-refractivity contribution in [2.24, 2.45) is 0 Å². The molecule has 0 bridgehead atoms. The van der Waals surface area contributed by atoms with Crippen LogP contribution < -0.4 is 5.32 Å². The van der Waals surface area contributed by atoms with Crippen molar-refractivity contribution in [1.82, 2.24) is 10.5 Å². The normalized spacial score (nSPS) is 10.2. The van der Waals surface area contributed by atoms with E-state index in [1.54, 1.807) is 13.0 Å². The highest BCUT2D eigenvalue weighted by Crippen LogP contribution is 2.29. The van der Waals surface area contributed by atoms with Crippen LogP contribution >= 0.6 is 0 Å². The van der Waals surface area contributed by atoms with Crippen molar-refractivity contribution in [2.75, 3.05) is 0 Å². The lowest BCUT2D eigenvalue weighted by Gasteiger charge is -2.05. The van der Waals surface area contributed by atoms with Crippen LogP contribution in [-0.4, -0.2) is 21.1 Å². The molecular formula is C12H11N3O5. The summed E-state index contributed by atoms with van der Waals surface area (Å²) in [7, 11) is 0. The van der Waals surface area contributed by atoms with Crippen LogP contribution in [-0.2, 0) is 6.54 Å². The Morgan fingerprint density at radius 1 is 1.55 bits per heavy atom. The number of aromatic hydroxyl groups is 1. The third kappa shape index (κ3) is 2.74. The summed E-state index contributed by atoms with van der Waals surface area (Å²) in [6.07, 6.45) is 0. The average molecular weight is 277 g/mol. The van der Waals surface area contributed by atoms with Crippen LogP contribution in [0, 0.1) is 17.0 Å². The fourth-order valence-electron chi connectivity index (χ4n) is 1.63. The van der Waals surface area contributed by atoms with Crippen molar-refractivity contribution in [3.8, 4) is 5.75 Å². The molecule has 0 aliphatic heterocycles. The summed E-state index contributed by atoms with van der Waals surface area (Å²) in [5, 5.41) is 26.5. The molecule has 0 aliphatic carbocycles. The van der Waals surface area contributed by atoms with Gasteiger partial charge in [0.15, 0.2) is 0 Å². The van der Waals surface area contributed by atoms with Gasteiger partial charge in [0, 0.05) is 12.1 Å². The van der Waals surface area contributed by atoms with E-state index in [-0.39, 0.29) is 12.1 Å². The molecule has 8 heteroatoms. The van der Waals surface area contributed by atoms with Crippen molar-refractivity contribution in [3.63, 3.8) is 0 Å². The Morgan fingerprint density at radius 3 is 2.90 bits per heavy atom. The number of nitrogens with zero attached hydrogens (tertiary/aromatic N) is 2. The van der Waals surface area contributed by atoms with E-state index in [4.69, 9.17) is 4.52 Å². The molecule has 1 heterocycles. The Labute approximate surface area is 113 Å². The third-order valence-corrected chi connectivity index (χ3v) is 2.56. The molecule has 0 fully saturated rings. The zero-order valence-corrected chi connectivity index (χ0v) is 10.5. The molecule has 1 amide bonds. The van der Waals surface area contributed by atoms with Gasteiger partial charge in [-0.05, 0) is 13.0 Å². The van der Waals surface area contributed by atoms with E-state index in [0.717, 1.165) is 6.07 Å². The molecule has 20 heavy (non-hydrogen) atoms. The predicted molar refractivity (Wildman–Crippen MR) is 67.2 cm³/mol. The number of carbonyl (C=O) groups excluding carboxylic acids is 1. The van der Waals surface area contributed by atoms with Crippen LogP contribution in [0.1, 0.15) is 21.8 Å². The molecule has 104 valence electrons. The minimum absolute atomic E-state index is 0.0955. The molecule has 8 nitrogen and oxygen atoms in total. The van der Waals surface area contributed by atoms with Gasteiger partial charge in [-0.15, -0.1) is 0 Å². The van der Waals surface area contributed by atoms with Crippen molar-refractivity contribution in [1.29, 1.82) is 0 Å². The first-order valence-corrected chi connectivity index (χ1v) is 5.66. The summed E-state index contributed by atoms with van der Waals surface area (Å²) in [6.45, 7) is 1.81. The summed E-state index contributed by atoms with van der Waals surface area (Å²) in [4.78, 5) is 21.8. The van der Waals surface area contributed by atoms with Crippen LogP contribution in [0.25, 0.3) is 0 Å². The molecule has 2 N–H and O–H groups in total. The third-order valence-electron chi connectivity index (χ3n) is 2.56. The van der Waals surface area contributed by atoms with Crippen molar-refractivity contribution in [3.05, 3.63) is 51.4 Å². The van der Waals surface area contributed by atoms with Crippen LogP contribution in [0.4, 0.5) is 5.69 Å². The quantitative estimate of drug-likeness (QED) is 0.646. The number of aromatic nitrogens is 1. The number of carbonyl (C=O) groups is 1. The number of hydrogen-bond donors (Lipinski definition) is 2. The maximum absolute atomic E-state index is 11.9. The number of benzene rings is 1. The second kappa shape index (κ2) is 5.39. The number of amides is 1. The van der Waals surface area contributed by atoms with Gasteiger partial charge in [-0.3, -0.25) is 14.9 Å². The van der Waals surface area contributed by atoms with Crippen molar-refractivity contribution < 1.29 is 19.3 Å². The van der Waals surface area contributed by atoms with Gasteiger partial charge in [-0.2, -0.15) is 0 Å². The maximum Gasteiger partial charge on any atom is 0.311 e. The average Bonchev–Trinajstić information content (AvgIpc) is 2.81. The van der Waals surface area contributed by atoms with Gasteiger partial charge in [-0.25, -0.2) is 0 Å². The lowest BCUT2D eigenvalue weighted by Crippen LogP contribution is -2.23. The zero-order valence-electron chi connectivity index (χ0n) is 10.5. The number of aryl methyl sites for hydroxylation is 1. The van der Waals surface area contributed by atoms with Gasteiger partial charge in [0.2, 0.25) is 5.75 Å². The van der Waals surface area contributed by atoms with Crippen LogP contribution in [0.5, 0.6) is 5.75 Å². The van der Waals surface area contributed by atoms with Crippen LogP contribution in [0.15, 0.2) is 28.8 Å². The Balaban J connectivity index is 2.13. The van der Waals surface area contributed by atoms with Crippen LogP contribution in [0.2, 0.25) is 0 Å².